The van der Waals surface area contributed by atoms with Gasteiger partial charge >= 0.3 is 12.0 Å². The fourth-order valence-corrected chi connectivity index (χ4v) is 6.20. The molecule has 220 valence electrons. The SMILES string of the molecule is CCCCN(CCCN)C(=O)CN1CC(c2ccc3c(c2)CCO3)C(C(=O)O)C1CCN1CCC(=O)N(C)C1=O. The largest absolute Gasteiger partial charge is 0.493 e. The highest BCUT2D eigenvalue weighted by molar-refractivity contribution is 5.96. The minimum atomic E-state index is -0.912. The van der Waals surface area contributed by atoms with Crippen LogP contribution in [0.5, 0.6) is 5.75 Å². The van der Waals surface area contributed by atoms with Gasteiger partial charge in [0.15, 0.2) is 0 Å². The number of ether oxygens (including phenoxy) is 1. The summed E-state index contributed by atoms with van der Waals surface area (Å²) in [6.07, 6.45) is 3.98. The number of hydrogen-bond acceptors (Lipinski definition) is 7. The number of rotatable bonds is 13. The number of urea groups is 1. The third-order valence-electron chi connectivity index (χ3n) is 8.50. The van der Waals surface area contributed by atoms with Gasteiger partial charge in [-0.1, -0.05) is 25.5 Å². The van der Waals surface area contributed by atoms with Crippen LogP contribution in [0.25, 0.3) is 0 Å². The van der Waals surface area contributed by atoms with Gasteiger partial charge in [-0.3, -0.25) is 24.2 Å². The number of nitrogens with two attached hydrogens (primary N) is 1. The summed E-state index contributed by atoms with van der Waals surface area (Å²) in [5, 5.41) is 10.5. The summed E-state index contributed by atoms with van der Waals surface area (Å²) in [4.78, 5) is 57.6. The Morgan fingerprint density at radius 2 is 1.95 bits per heavy atom. The summed E-state index contributed by atoms with van der Waals surface area (Å²) < 4.78 is 5.66. The molecule has 40 heavy (non-hydrogen) atoms. The second-order valence-electron chi connectivity index (χ2n) is 11.1. The highest BCUT2D eigenvalue weighted by Gasteiger charge is 2.47. The van der Waals surface area contributed by atoms with Crippen molar-refractivity contribution in [2.45, 2.75) is 57.4 Å². The molecule has 11 nitrogen and oxygen atoms in total. The van der Waals surface area contributed by atoms with E-state index in [9.17, 15) is 24.3 Å². The second-order valence-corrected chi connectivity index (χ2v) is 11.1. The number of carboxylic acids is 1. The molecule has 1 aromatic rings. The number of fused-ring (bicyclic) bond motifs is 1. The number of hydrogen-bond donors (Lipinski definition) is 2. The summed E-state index contributed by atoms with van der Waals surface area (Å²) in [5.41, 5.74) is 7.73. The zero-order valence-electron chi connectivity index (χ0n) is 23.7. The molecule has 3 heterocycles. The Bertz CT molecular complexity index is 1090. The summed E-state index contributed by atoms with van der Waals surface area (Å²) in [6, 6.07) is 5.09. The van der Waals surface area contributed by atoms with Crippen molar-refractivity contribution in [2.24, 2.45) is 11.7 Å². The lowest BCUT2D eigenvalue weighted by atomic mass is 9.83. The summed E-state index contributed by atoms with van der Waals surface area (Å²) in [5.74, 6) is -1.38. The number of unbranched alkanes of at least 4 members (excludes halogenated alkanes) is 1. The molecule has 11 heteroatoms. The lowest BCUT2D eigenvalue weighted by Gasteiger charge is -2.34. The van der Waals surface area contributed by atoms with Crippen LogP contribution in [0.3, 0.4) is 0 Å². The van der Waals surface area contributed by atoms with Gasteiger partial charge in [-0.2, -0.15) is 0 Å². The van der Waals surface area contributed by atoms with Gasteiger partial charge in [0, 0.05) is 64.6 Å². The molecule has 1 aromatic carbocycles. The Kier molecular flexibility index (Phi) is 10.0. The van der Waals surface area contributed by atoms with Gasteiger partial charge in [-0.05, 0) is 43.0 Å². The molecule has 3 aliphatic rings. The number of nitrogens with zero attached hydrogens (tertiary/aromatic N) is 4. The Morgan fingerprint density at radius 1 is 1.18 bits per heavy atom. The Morgan fingerprint density at radius 3 is 2.67 bits per heavy atom. The lowest BCUT2D eigenvalue weighted by Crippen LogP contribution is -2.52. The maximum Gasteiger partial charge on any atom is 0.326 e. The molecule has 0 radical (unpaired) electrons. The third kappa shape index (κ3) is 6.58. The van der Waals surface area contributed by atoms with E-state index in [1.165, 1.54) is 7.05 Å². The molecular formula is C29H43N5O6. The van der Waals surface area contributed by atoms with Crippen LogP contribution in [-0.2, 0) is 20.8 Å². The molecule has 3 unspecified atom stereocenters. The van der Waals surface area contributed by atoms with Gasteiger partial charge in [0.1, 0.15) is 5.75 Å². The Labute approximate surface area is 236 Å². The predicted octanol–water partition coefficient (Wildman–Crippen LogP) is 1.74. The van der Waals surface area contributed by atoms with Crippen molar-refractivity contribution in [1.29, 1.82) is 0 Å². The van der Waals surface area contributed by atoms with Crippen LogP contribution < -0.4 is 10.5 Å². The molecular weight excluding hydrogens is 514 g/mol. The zero-order chi connectivity index (χ0) is 28.8. The van der Waals surface area contributed by atoms with Crippen LogP contribution in [0, 0.1) is 5.92 Å². The average molecular weight is 558 g/mol. The maximum atomic E-state index is 13.5. The molecule has 2 fully saturated rings. The Balaban J connectivity index is 1.58. The van der Waals surface area contributed by atoms with Crippen LogP contribution in [0.15, 0.2) is 18.2 Å². The fraction of sp³-hybridized carbons (Fsp3) is 0.655. The van der Waals surface area contributed by atoms with Crippen LogP contribution in [0.1, 0.15) is 56.1 Å². The number of amides is 4. The standard InChI is InChI=1S/C29H43N5O6/c1-3-4-12-32(13-5-11-30)26(36)19-34-18-22(20-6-7-24-21(17-20)10-16-40-24)27(28(37)38)23(34)8-14-33-15-9-25(35)31(2)29(33)39/h6-7,17,22-23,27H,3-5,8-16,18-19,30H2,1-2H3,(H,37,38). The first-order chi connectivity index (χ1) is 19.2. The van der Waals surface area contributed by atoms with Crippen molar-refractivity contribution in [3.8, 4) is 5.75 Å². The average Bonchev–Trinajstić information content (AvgIpc) is 3.55. The lowest BCUT2D eigenvalue weighted by molar-refractivity contribution is -0.144. The van der Waals surface area contributed by atoms with Gasteiger partial charge < -0.3 is 25.4 Å². The summed E-state index contributed by atoms with van der Waals surface area (Å²) in [7, 11) is 1.47. The van der Waals surface area contributed by atoms with E-state index in [-0.39, 0.29) is 36.7 Å². The van der Waals surface area contributed by atoms with Crippen molar-refractivity contribution in [3.63, 3.8) is 0 Å². The molecule has 0 aliphatic carbocycles. The summed E-state index contributed by atoms with van der Waals surface area (Å²) >= 11 is 0. The van der Waals surface area contributed by atoms with Gasteiger partial charge in [0.2, 0.25) is 11.8 Å². The van der Waals surface area contributed by atoms with Gasteiger partial charge in [-0.25, -0.2) is 4.79 Å². The minimum absolute atomic E-state index is 0.0292. The highest BCUT2D eigenvalue weighted by atomic mass is 16.5. The first-order valence-electron chi connectivity index (χ1n) is 14.5. The van der Waals surface area contributed by atoms with E-state index in [0.29, 0.717) is 58.7 Å². The van der Waals surface area contributed by atoms with E-state index >= 15 is 0 Å². The normalized spacial score (nSPS) is 22.9. The fourth-order valence-electron chi connectivity index (χ4n) is 6.20. The molecule has 4 amide bonds. The van der Waals surface area contributed by atoms with Gasteiger partial charge in [0.05, 0.1) is 19.1 Å². The van der Waals surface area contributed by atoms with E-state index in [4.69, 9.17) is 10.5 Å². The van der Waals surface area contributed by atoms with E-state index in [1.54, 1.807) is 4.90 Å². The zero-order valence-corrected chi connectivity index (χ0v) is 23.7. The highest BCUT2D eigenvalue weighted by Crippen LogP contribution is 2.41. The molecule has 0 aromatic heterocycles. The predicted molar refractivity (Wildman–Crippen MR) is 149 cm³/mol. The number of benzene rings is 1. The number of carboxylic acid groups (broad SMARTS) is 1. The number of aliphatic carboxylic acids is 1. The van der Waals surface area contributed by atoms with E-state index in [2.05, 4.69) is 13.0 Å². The molecule has 0 bridgehead atoms. The maximum absolute atomic E-state index is 13.5. The molecule has 3 aliphatic heterocycles. The molecule has 0 saturated carbocycles. The molecule has 3 atom stereocenters. The van der Waals surface area contributed by atoms with Crippen LogP contribution in [-0.4, -0.2) is 114 Å². The first kappa shape index (κ1) is 29.8. The Hall–Kier alpha value is -3.18. The van der Waals surface area contributed by atoms with Crippen LogP contribution >= 0.6 is 0 Å². The molecule has 0 spiro atoms. The first-order valence-corrected chi connectivity index (χ1v) is 14.5. The van der Waals surface area contributed by atoms with Gasteiger partial charge in [-0.15, -0.1) is 0 Å². The molecule has 4 rings (SSSR count). The number of carbonyl (C=O) groups is 4. The van der Waals surface area contributed by atoms with E-state index in [1.807, 2.05) is 21.9 Å². The number of carbonyl (C=O) groups excluding carboxylic acids is 3. The van der Waals surface area contributed by atoms with Crippen LogP contribution in [0.2, 0.25) is 0 Å². The minimum Gasteiger partial charge on any atom is -0.493 e. The van der Waals surface area contributed by atoms with Crippen molar-refractivity contribution in [2.75, 3.05) is 59.5 Å². The topological polar surface area (TPSA) is 137 Å². The monoisotopic (exact) mass is 557 g/mol. The van der Waals surface area contributed by atoms with Crippen molar-refractivity contribution >= 4 is 23.8 Å². The third-order valence-corrected chi connectivity index (χ3v) is 8.50. The molecule has 2 saturated heterocycles. The van der Waals surface area contributed by atoms with E-state index in [0.717, 1.165) is 41.0 Å². The summed E-state index contributed by atoms with van der Waals surface area (Å²) in [6.45, 7) is 5.58. The van der Waals surface area contributed by atoms with Gasteiger partial charge in [0.25, 0.3) is 0 Å². The number of likely N-dealkylation sites (tertiary alicyclic amines) is 1. The quantitative estimate of drug-likeness (QED) is 0.374. The van der Waals surface area contributed by atoms with Crippen molar-refractivity contribution in [3.05, 3.63) is 29.3 Å². The van der Waals surface area contributed by atoms with E-state index < -0.39 is 17.9 Å². The van der Waals surface area contributed by atoms with Crippen molar-refractivity contribution in [1.82, 2.24) is 19.6 Å². The smallest absolute Gasteiger partial charge is 0.326 e. The second kappa shape index (κ2) is 13.5. The van der Waals surface area contributed by atoms with Crippen molar-refractivity contribution < 1.29 is 29.0 Å². The van der Waals surface area contributed by atoms with Crippen LogP contribution in [0.4, 0.5) is 4.79 Å². The molecule has 3 N–H and O–H groups in total. The number of imide groups is 1.